The fourth-order valence-electron chi connectivity index (χ4n) is 3.27. The third-order valence-corrected chi connectivity index (χ3v) is 6.05. The lowest BCUT2D eigenvalue weighted by atomic mass is 9.99. The molecule has 0 bridgehead atoms. The van der Waals surface area contributed by atoms with Crippen LogP contribution in [-0.4, -0.2) is 37.2 Å². The van der Waals surface area contributed by atoms with Crippen molar-refractivity contribution in [2.24, 2.45) is 5.92 Å². The summed E-state index contributed by atoms with van der Waals surface area (Å²) in [6.07, 6.45) is 1.97. The molecule has 1 aliphatic heterocycles. The maximum absolute atomic E-state index is 12.9. The van der Waals surface area contributed by atoms with Crippen LogP contribution in [0.1, 0.15) is 30.1 Å². The van der Waals surface area contributed by atoms with Crippen LogP contribution < -0.4 is 4.72 Å². The maximum Gasteiger partial charge on any atom is 0.270 e. The summed E-state index contributed by atoms with van der Waals surface area (Å²) in [5.41, 5.74) is 0.0809. The highest BCUT2D eigenvalue weighted by Gasteiger charge is 2.25. The van der Waals surface area contributed by atoms with E-state index in [1.54, 1.807) is 23.1 Å². The summed E-state index contributed by atoms with van der Waals surface area (Å²) < 4.78 is 27.8. The molecule has 1 aliphatic rings. The monoisotopic (exact) mass is 403 g/mol. The van der Waals surface area contributed by atoms with E-state index < -0.39 is 14.9 Å². The lowest BCUT2D eigenvalue weighted by Crippen LogP contribution is -2.39. The van der Waals surface area contributed by atoms with Crippen molar-refractivity contribution in [3.05, 3.63) is 64.2 Å². The molecule has 2 aromatic rings. The van der Waals surface area contributed by atoms with Crippen LogP contribution in [0.4, 0.5) is 11.4 Å². The second kappa shape index (κ2) is 7.97. The van der Waals surface area contributed by atoms with Gasteiger partial charge in [0.05, 0.1) is 21.1 Å². The van der Waals surface area contributed by atoms with Crippen LogP contribution in [0.2, 0.25) is 0 Å². The number of carbonyl (C=O) groups is 1. The number of nitrogens with one attached hydrogen (secondary N) is 1. The number of nitro benzene ring substituents is 1. The molecule has 0 saturated carbocycles. The first-order valence-electron chi connectivity index (χ1n) is 8.93. The molecule has 1 N–H and O–H groups in total. The molecular formula is C19H21N3O5S. The molecule has 2 aromatic carbocycles. The van der Waals surface area contributed by atoms with Gasteiger partial charge in [-0.25, -0.2) is 8.42 Å². The first kappa shape index (κ1) is 19.8. The highest BCUT2D eigenvalue weighted by molar-refractivity contribution is 7.92. The Morgan fingerprint density at radius 2 is 1.96 bits per heavy atom. The third-order valence-electron chi connectivity index (χ3n) is 4.68. The van der Waals surface area contributed by atoms with Gasteiger partial charge in [-0.3, -0.25) is 19.6 Å². The average Bonchev–Trinajstić information content (AvgIpc) is 2.67. The minimum absolute atomic E-state index is 0.150. The largest absolute Gasteiger partial charge is 0.338 e. The number of hydrogen-bond donors (Lipinski definition) is 1. The van der Waals surface area contributed by atoms with Gasteiger partial charge in [-0.05, 0) is 37.0 Å². The Morgan fingerprint density at radius 3 is 2.68 bits per heavy atom. The highest BCUT2D eigenvalue weighted by Crippen LogP contribution is 2.25. The predicted octanol–water partition coefficient (Wildman–Crippen LogP) is 3.27. The van der Waals surface area contributed by atoms with E-state index in [-0.39, 0.29) is 27.7 Å². The number of carbonyl (C=O) groups excluding carboxylic acids is 1. The van der Waals surface area contributed by atoms with Gasteiger partial charge in [0.2, 0.25) is 0 Å². The lowest BCUT2D eigenvalue weighted by Gasteiger charge is -2.31. The predicted molar refractivity (Wildman–Crippen MR) is 105 cm³/mol. The quantitative estimate of drug-likeness (QED) is 0.609. The fourth-order valence-corrected chi connectivity index (χ4v) is 4.39. The van der Waals surface area contributed by atoms with Crippen LogP contribution in [0.15, 0.2) is 53.4 Å². The molecule has 8 nitrogen and oxygen atoms in total. The minimum Gasteiger partial charge on any atom is -0.338 e. The second-order valence-electron chi connectivity index (χ2n) is 6.90. The van der Waals surface area contributed by atoms with E-state index in [1.165, 1.54) is 24.3 Å². The molecule has 1 atom stereocenters. The van der Waals surface area contributed by atoms with Crippen molar-refractivity contribution in [2.75, 3.05) is 17.8 Å². The number of para-hydroxylation sites is 1. The van der Waals surface area contributed by atoms with Gasteiger partial charge in [0.15, 0.2) is 0 Å². The standard InChI is InChI=1S/C19H21N3O5S/c1-14-6-5-11-21(13-14)19(23)17-9-2-3-10-18(17)20-28(26,27)16-8-4-7-15(12-16)22(24)25/h2-4,7-10,12,14,20H,5-6,11,13H2,1H3. The summed E-state index contributed by atoms with van der Waals surface area (Å²) in [4.78, 5) is 24.7. The molecule has 3 rings (SSSR count). The molecule has 0 radical (unpaired) electrons. The normalized spacial score (nSPS) is 17.2. The van der Waals surface area contributed by atoms with Crippen molar-refractivity contribution < 1.29 is 18.1 Å². The fraction of sp³-hybridized carbons (Fsp3) is 0.316. The number of rotatable bonds is 5. The molecular weight excluding hydrogens is 382 g/mol. The zero-order valence-corrected chi connectivity index (χ0v) is 16.2. The topological polar surface area (TPSA) is 110 Å². The van der Waals surface area contributed by atoms with Gasteiger partial charge in [-0.15, -0.1) is 0 Å². The smallest absolute Gasteiger partial charge is 0.270 e. The number of hydrogen-bond acceptors (Lipinski definition) is 5. The van der Waals surface area contributed by atoms with E-state index in [0.29, 0.717) is 19.0 Å². The van der Waals surface area contributed by atoms with E-state index in [1.807, 2.05) is 0 Å². The van der Waals surface area contributed by atoms with Crippen molar-refractivity contribution in [3.8, 4) is 0 Å². The lowest BCUT2D eigenvalue weighted by molar-refractivity contribution is -0.385. The number of amides is 1. The van der Waals surface area contributed by atoms with Gasteiger partial charge in [0, 0.05) is 25.2 Å². The molecule has 0 aromatic heterocycles. The minimum atomic E-state index is -4.09. The number of sulfonamides is 1. The Hall–Kier alpha value is -2.94. The Balaban J connectivity index is 1.90. The first-order chi connectivity index (χ1) is 13.3. The summed E-state index contributed by atoms with van der Waals surface area (Å²) >= 11 is 0. The molecule has 28 heavy (non-hydrogen) atoms. The molecule has 9 heteroatoms. The van der Waals surface area contributed by atoms with Crippen LogP contribution in [0, 0.1) is 16.0 Å². The van der Waals surface area contributed by atoms with E-state index in [0.717, 1.165) is 18.9 Å². The van der Waals surface area contributed by atoms with Gasteiger partial charge in [-0.1, -0.05) is 25.1 Å². The van der Waals surface area contributed by atoms with Gasteiger partial charge >= 0.3 is 0 Å². The number of anilines is 1. The number of likely N-dealkylation sites (tertiary alicyclic amines) is 1. The van der Waals surface area contributed by atoms with E-state index in [2.05, 4.69) is 11.6 Å². The van der Waals surface area contributed by atoms with Crippen molar-refractivity contribution in [1.29, 1.82) is 0 Å². The maximum atomic E-state index is 12.9. The van der Waals surface area contributed by atoms with Crippen molar-refractivity contribution in [2.45, 2.75) is 24.7 Å². The number of non-ortho nitro benzene ring substituents is 1. The van der Waals surface area contributed by atoms with Crippen molar-refractivity contribution in [3.63, 3.8) is 0 Å². The van der Waals surface area contributed by atoms with Gasteiger partial charge in [0.25, 0.3) is 21.6 Å². The van der Waals surface area contributed by atoms with E-state index >= 15 is 0 Å². The first-order valence-corrected chi connectivity index (χ1v) is 10.4. The molecule has 1 unspecified atom stereocenters. The van der Waals surface area contributed by atoms with Crippen LogP contribution in [-0.2, 0) is 10.0 Å². The van der Waals surface area contributed by atoms with Crippen LogP contribution >= 0.6 is 0 Å². The number of benzene rings is 2. The Bertz CT molecular complexity index is 1010. The number of piperidine rings is 1. The summed E-state index contributed by atoms with van der Waals surface area (Å²) in [6, 6.07) is 11.2. The second-order valence-corrected chi connectivity index (χ2v) is 8.59. The van der Waals surface area contributed by atoms with E-state index in [4.69, 9.17) is 0 Å². The molecule has 1 fully saturated rings. The molecule has 0 aliphatic carbocycles. The third kappa shape index (κ3) is 4.30. The molecule has 1 heterocycles. The molecule has 0 spiro atoms. The average molecular weight is 403 g/mol. The van der Waals surface area contributed by atoms with Crippen molar-refractivity contribution >= 4 is 27.3 Å². The molecule has 1 saturated heterocycles. The molecule has 1 amide bonds. The summed E-state index contributed by atoms with van der Waals surface area (Å²) in [5, 5.41) is 10.9. The van der Waals surface area contributed by atoms with Crippen LogP contribution in [0.3, 0.4) is 0 Å². The highest BCUT2D eigenvalue weighted by atomic mass is 32.2. The molecule has 148 valence electrons. The SMILES string of the molecule is CC1CCCN(C(=O)c2ccccc2NS(=O)(=O)c2cccc([N+](=O)[O-])c2)C1. The van der Waals surface area contributed by atoms with Crippen LogP contribution in [0.5, 0.6) is 0 Å². The zero-order chi connectivity index (χ0) is 20.3. The van der Waals surface area contributed by atoms with Gasteiger partial charge in [0.1, 0.15) is 0 Å². The Kier molecular flexibility index (Phi) is 5.64. The number of nitro groups is 1. The Labute approximate surface area is 163 Å². The summed E-state index contributed by atoms with van der Waals surface area (Å²) in [5.74, 6) is 0.162. The van der Waals surface area contributed by atoms with Gasteiger partial charge in [-0.2, -0.15) is 0 Å². The summed E-state index contributed by atoms with van der Waals surface area (Å²) in [7, 11) is -4.09. The van der Waals surface area contributed by atoms with Gasteiger partial charge < -0.3 is 4.90 Å². The zero-order valence-electron chi connectivity index (χ0n) is 15.4. The van der Waals surface area contributed by atoms with Crippen molar-refractivity contribution in [1.82, 2.24) is 4.90 Å². The van der Waals surface area contributed by atoms with E-state index in [9.17, 15) is 23.3 Å². The summed E-state index contributed by atoms with van der Waals surface area (Å²) in [6.45, 7) is 3.34. The Morgan fingerprint density at radius 1 is 1.21 bits per heavy atom. The number of nitrogens with zero attached hydrogens (tertiary/aromatic N) is 2. The van der Waals surface area contributed by atoms with Crippen LogP contribution in [0.25, 0.3) is 0 Å².